The number of carbonyl (C=O) groups excluding carboxylic acids is 4. The van der Waals surface area contributed by atoms with Crippen molar-refractivity contribution in [2.75, 3.05) is 18.5 Å². The van der Waals surface area contributed by atoms with Crippen LogP contribution in [0.25, 0.3) is 0 Å². The maximum atomic E-state index is 12.5. The van der Waals surface area contributed by atoms with Crippen molar-refractivity contribution in [1.82, 2.24) is 4.90 Å². The second kappa shape index (κ2) is 8.94. The summed E-state index contributed by atoms with van der Waals surface area (Å²) in [5.41, 5.74) is 5.45. The first-order chi connectivity index (χ1) is 13.8. The molecule has 1 aliphatic carbocycles. The fourth-order valence-corrected chi connectivity index (χ4v) is 5.03. The van der Waals surface area contributed by atoms with Gasteiger partial charge in [-0.1, -0.05) is 26.7 Å². The zero-order chi connectivity index (χ0) is 21.1. The summed E-state index contributed by atoms with van der Waals surface area (Å²) in [5, 5.41) is 4.47. The number of likely N-dealkylation sites (tertiary alicyclic amines) is 1. The summed E-state index contributed by atoms with van der Waals surface area (Å²) in [7, 11) is 0. The third kappa shape index (κ3) is 4.77. The van der Waals surface area contributed by atoms with Gasteiger partial charge in [-0.05, 0) is 29.7 Å². The van der Waals surface area contributed by atoms with Crippen LogP contribution in [0.2, 0.25) is 0 Å². The first-order valence-corrected chi connectivity index (χ1v) is 10.8. The molecule has 3 N–H and O–H groups in total. The highest BCUT2D eigenvalue weighted by atomic mass is 32.1. The van der Waals surface area contributed by atoms with E-state index in [1.165, 1.54) is 12.5 Å². The standard InChI is InChI=1S/C20H27N3O5S/c1-11-4-3-5-15(12(11)2)23-9-13(8-17(23)25)20(27)28-10-16(24)22-19-14(18(21)26)6-7-29-19/h6-7,11-13,15H,3-5,8-10H2,1-2H3,(H2,21,26)(H,22,24)/t11-,12+,13+,15+/m0/s1. The lowest BCUT2D eigenvalue weighted by Crippen LogP contribution is -2.45. The Bertz CT molecular complexity index is 808. The molecule has 0 bridgehead atoms. The number of nitrogens with one attached hydrogen (secondary N) is 1. The number of hydrogen-bond donors (Lipinski definition) is 2. The average Bonchev–Trinajstić information content (AvgIpc) is 3.29. The molecule has 3 rings (SSSR count). The number of primary amides is 1. The van der Waals surface area contributed by atoms with Gasteiger partial charge in [0.15, 0.2) is 6.61 Å². The summed E-state index contributed by atoms with van der Waals surface area (Å²) in [6.45, 7) is 4.25. The highest BCUT2D eigenvalue weighted by Crippen LogP contribution is 2.36. The Morgan fingerprint density at radius 3 is 2.79 bits per heavy atom. The van der Waals surface area contributed by atoms with E-state index < -0.39 is 30.3 Å². The molecular formula is C20H27N3O5S. The lowest BCUT2D eigenvalue weighted by Gasteiger charge is -2.39. The van der Waals surface area contributed by atoms with Crippen molar-refractivity contribution in [3.8, 4) is 0 Å². The lowest BCUT2D eigenvalue weighted by molar-refractivity contribution is -0.151. The number of nitrogens with zero attached hydrogens (tertiary/aromatic N) is 1. The van der Waals surface area contributed by atoms with Crippen LogP contribution >= 0.6 is 11.3 Å². The molecule has 1 aliphatic heterocycles. The molecule has 1 aromatic rings. The van der Waals surface area contributed by atoms with Gasteiger partial charge in [0, 0.05) is 19.0 Å². The zero-order valence-corrected chi connectivity index (χ0v) is 17.5. The normalized spacial score (nSPS) is 27.0. The van der Waals surface area contributed by atoms with Gasteiger partial charge in [0.2, 0.25) is 5.91 Å². The monoisotopic (exact) mass is 421 g/mol. The maximum absolute atomic E-state index is 12.5. The van der Waals surface area contributed by atoms with Crippen LogP contribution in [-0.4, -0.2) is 47.8 Å². The van der Waals surface area contributed by atoms with Crippen LogP contribution in [0.3, 0.4) is 0 Å². The van der Waals surface area contributed by atoms with Gasteiger partial charge in [-0.15, -0.1) is 11.3 Å². The van der Waals surface area contributed by atoms with Gasteiger partial charge in [0.1, 0.15) is 5.00 Å². The van der Waals surface area contributed by atoms with Gasteiger partial charge in [-0.3, -0.25) is 19.2 Å². The van der Waals surface area contributed by atoms with E-state index in [4.69, 9.17) is 10.5 Å². The van der Waals surface area contributed by atoms with Gasteiger partial charge in [-0.2, -0.15) is 0 Å². The van der Waals surface area contributed by atoms with E-state index in [0.29, 0.717) is 23.4 Å². The minimum absolute atomic E-state index is 0.0213. The average molecular weight is 422 g/mol. The third-order valence-corrected chi connectivity index (χ3v) is 6.91. The van der Waals surface area contributed by atoms with Gasteiger partial charge in [0.05, 0.1) is 11.5 Å². The molecule has 158 valence electrons. The van der Waals surface area contributed by atoms with E-state index >= 15 is 0 Å². The van der Waals surface area contributed by atoms with E-state index in [1.807, 2.05) is 4.90 Å². The molecule has 1 aromatic heterocycles. The Balaban J connectivity index is 1.51. The molecular weight excluding hydrogens is 394 g/mol. The minimum atomic E-state index is -0.644. The minimum Gasteiger partial charge on any atom is -0.455 e. The number of nitrogens with two attached hydrogens (primary N) is 1. The first-order valence-electron chi connectivity index (χ1n) is 9.91. The number of amides is 3. The van der Waals surface area contributed by atoms with Gasteiger partial charge >= 0.3 is 5.97 Å². The highest BCUT2D eigenvalue weighted by Gasteiger charge is 2.42. The van der Waals surface area contributed by atoms with E-state index in [0.717, 1.165) is 24.2 Å². The molecule has 29 heavy (non-hydrogen) atoms. The highest BCUT2D eigenvalue weighted by molar-refractivity contribution is 7.14. The molecule has 8 nitrogen and oxygen atoms in total. The number of thiophene rings is 1. The van der Waals surface area contributed by atoms with Crippen LogP contribution in [0, 0.1) is 17.8 Å². The van der Waals surface area contributed by atoms with Crippen molar-refractivity contribution < 1.29 is 23.9 Å². The lowest BCUT2D eigenvalue weighted by atomic mass is 9.77. The molecule has 1 saturated carbocycles. The van der Waals surface area contributed by atoms with Crippen molar-refractivity contribution in [1.29, 1.82) is 0 Å². The molecule has 2 aliphatic rings. The van der Waals surface area contributed by atoms with E-state index in [1.54, 1.807) is 5.38 Å². The molecule has 0 spiro atoms. The molecule has 2 fully saturated rings. The SMILES string of the molecule is C[C@H]1[C@H](N2C[C@H](C(=O)OCC(=O)Nc3sccc3C(N)=O)CC2=O)CCC[C@@H]1C. The summed E-state index contributed by atoms with van der Waals surface area (Å²) >= 11 is 1.16. The van der Waals surface area contributed by atoms with Crippen molar-refractivity contribution in [3.05, 3.63) is 17.0 Å². The number of carbonyl (C=O) groups is 4. The zero-order valence-electron chi connectivity index (χ0n) is 16.7. The van der Waals surface area contributed by atoms with Crippen LogP contribution in [0.1, 0.15) is 49.9 Å². The summed E-state index contributed by atoms with van der Waals surface area (Å²) in [6.07, 6.45) is 3.34. The van der Waals surface area contributed by atoms with Gasteiger partial charge in [-0.25, -0.2) is 0 Å². The summed E-state index contributed by atoms with van der Waals surface area (Å²) in [4.78, 5) is 50.1. The molecule has 3 amide bonds. The van der Waals surface area contributed by atoms with Gasteiger partial charge < -0.3 is 20.7 Å². The largest absolute Gasteiger partial charge is 0.455 e. The number of anilines is 1. The summed E-state index contributed by atoms with van der Waals surface area (Å²) in [6, 6.07) is 1.68. The van der Waals surface area contributed by atoms with Crippen LogP contribution in [0.5, 0.6) is 0 Å². The number of hydrogen-bond acceptors (Lipinski definition) is 6. The molecule has 1 saturated heterocycles. The Labute approximate surface area is 173 Å². The van der Waals surface area contributed by atoms with Crippen molar-refractivity contribution >= 4 is 40.0 Å². The molecule has 0 aromatic carbocycles. The quantitative estimate of drug-likeness (QED) is 0.681. The third-order valence-electron chi connectivity index (χ3n) is 6.09. The number of esters is 1. The first kappa shape index (κ1) is 21.3. The van der Waals surface area contributed by atoms with Gasteiger partial charge in [0.25, 0.3) is 11.8 Å². The van der Waals surface area contributed by atoms with Crippen LogP contribution in [0.4, 0.5) is 5.00 Å². The summed E-state index contributed by atoms with van der Waals surface area (Å²) in [5.74, 6) is -1.37. The second-order valence-electron chi connectivity index (χ2n) is 7.97. The molecule has 0 unspecified atom stereocenters. The fourth-order valence-electron chi connectivity index (χ4n) is 4.22. The molecule has 4 atom stereocenters. The topological polar surface area (TPSA) is 119 Å². The smallest absolute Gasteiger partial charge is 0.311 e. The maximum Gasteiger partial charge on any atom is 0.311 e. The van der Waals surface area contributed by atoms with Crippen molar-refractivity contribution in [2.45, 2.75) is 45.6 Å². The molecule has 2 heterocycles. The van der Waals surface area contributed by atoms with Crippen molar-refractivity contribution in [2.24, 2.45) is 23.5 Å². The molecule has 9 heteroatoms. The Hall–Kier alpha value is -2.42. The second-order valence-corrected chi connectivity index (χ2v) is 8.88. The van der Waals surface area contributed by atoms with E-state index in [2.05, 4.69) is 19.2 Å². The van der Waals surface area contributed by atoms with Crippen LogP contribution in [0.15, 0.2) is 11.4 Å². The predicted molar refractivity (Wildman–Crippen MR) is 108 cm³/mol. The number of ether oxygens (including phenoxy) is 1. The van der Waals surface area contributed by atoms with Crippen LogP contribution < -0.4 is 11.1 Å². The Kier molecular flexibility index (Phi) is 6.56. The summed E-state index contributed by atoms with van der Waals surface area (Å²) < 4.78 is 5.13. The Morgan fingerprint density at radius 1 is 1.31 bits per heavy atom. The van der Waals surface area contributed by atoms with E-state index in [9.17, 15) is 19.2 Å². The van der Waals surface area contributed by atoms with E-state index in [-0.39, 0.29) is 23.9 Å². The predicted octanol–water partition coefficient (Wildman–Crippen LogP) is 2.00. The molecule has 0 radical (unpaired) electrons. The van der Waals surface area contributed by atoms with Crippen molar-refractivity contribution in [3.63, 3.8) is 0 Å². The number of rotatable bonds is 6. The Morgan fingerprint density at radius 2 is 2.07 bits per heavy atom. The fraction of sp³-hybridized carbons (Fsp3) is 0.600. The van der Waals surface area contributed by atoms with Crippen LogP contribution in [-0.2, 0) is 19.1 Å².